The summed E-state index contributed by atoms with van der Waals surface area (Å²) in [6, 6.07) is 8.21. The molecule has 0 amide bonds. The summed E-state index contributed by atoms with van der Waals surface area (Å²) in [4.78, 5) is 5.34. The molecule has 0 aliphatic heterocycles. The van der Waals surface area contributed by atoms with Gasteiger partial charge >= 0.3 is 0 Å². The van der Waals surface area contributed by atoms with E-state index >= 15 is 0 Å². The zero-order valence-electron chi connectivity index (χ0n) is 8.47. The minimum Gasteiger partial charge on any atom is -0.384 e. The molecular weight excluding hydrogens is 206 g/mol. The van der Waals surface area contributed by atoms with E-state index in [0.29, 0.717) is 11.9 Å². The Kier molecular flexibility index (Phi) is 2.87. The average Bonchev–Trinajstić information content (AvgIpc) is 2.74. The molecular formula is C11H13N3S. The number of anilines is 2. The van der Waals surface area contributed by atoms with Crippen LogP contribution in [0.1, 0.15) is 17.8 Å². The van der Waals surface area contributed by atoms with Crippen LogP contribution in [0.3, 0.4) is 0 Å². The molecule has 0 fully saturated rings. The van der Waals surface area contributed by atoms with Crippen LogP contribution in [-0.2, 0) is 0 Å². The summed E-state index contributed by atoms with van der Waals surface area (Å²) in [7, 11) is 0. The maximum absolute atomic E-state index is 5.52. The first-order valence-electron chi connectivity index (χ1n) is 4.77. The maximum Gasteiger partial charge on any atom is 0.123 e. The second-order valence-corrected chi connectivity index (χ2v) is 4.33. The van der Waals surface area contributed by atoms with Crippen LogP contribution in [0.15, 0.2) is 35.8 Å². The van der Waals surface area contributed by atoms with Crippen molar-refractivity contribution in [3.05, 3.63) is 40.7 Å². The van der Waals surface area contributed by atoms with Gasteiger partial charge in [-0.3, -0.25) is 0 Å². The van der Waals surface area contributed by atoms with Gasteiger partial charge in [0.2, 0.25) is 0 Å². The Hall–Kier alpha value is -1.55. The van der Waals surface area contributed by atoms with Crippen molar-refractivity contribution in [1.29, 1.82) is 0 Å². The highest BCUT2D eigenvalue weighted by Crippen LogP contribution is 2.22. The van der Waals surface area contributed by atoms with E-state index in [4.69, 9.17) is 5.73 Å². The normalized spacial score (nSPS) is 12.3. The van der Waals surface area contributed by atoms with Crippen LogP contribution in [0.5, 0.6) is 0 Å². The minimum atomic E-state index is 0.301. The van der Waals surface area contributed by atoms with Crippen LogP contribution in [0, 0.1) is 0 Å². The van der Waals surface area contributed by atoms with E-state index in [-0.39, 0.29) is 0 Å². The Morgan fingerprint density at radius 2 is 2.27 bits per heavy atom. The molecule has 0 saturated heterocycles. The third-order valence-corrected chi connectivity index (χ3v) is 3.19. The number of aromatic nitrogens is 1. The summed E-state index contributed by atoms with van der Waals surface area (Å²) < 4.78 is 0. The highest BCUT2D eigenvalue weighted by atomic mass is 32.1. The number of hydrogen-bond donors (Lipinski definition) is 2. The Bertz CT molecular complexity index is 408. The molecule has 0 aliphatic rings. The molecule has 0 radical (unpaired) electrons. The molecule has 15 heavy (non-hydrogen) atoms. The number of nitrogens with zero attached hydrogens (tertiary/aromatic N) is 1. The van der Waals surface area contributed by atoms with Crippen LogP contribution in [0.2, 0.25) is 0 Å². The van der Waals surface area contributed by atoms with Crippen molar-refractivity contribution in [2.45, 2.75) is 13.0 Å². The van der Waals surface area contributed by atoms with E-state index in [9.17, 15) is 0 Å². The zero-order chi connectivity index (χ0) is 10.7. The van der Waals surface area contributed by atoms with Gasteiger partial charge in [-0.25, -0.2) is 4.98 Å². The van der Waals surface area contributed by atoms with Gasteiger partial charge in [-0.1, -0.05) is 6.07 Å². The molecule has 0 bridgehead atoms. The van der Waals surface area contributed by atoms with Crippen LogP contribution in [-0.4, -0.2) is 4.98 Å². The summed E-state index contributed by atoms with van der Waals surface area (Å²) in [5.74, 6) is 0.546. The topological polar surface area (TPSA) is 50.9 Å². The van der Waals surface area contributed by atoms with Gasteiger partial charge in [0.25, 0.3) is 0 Å². The Balaban J connectivity index is 2.06. The van der Waals surface area contributed by atoms with Gasteiger partial charge in [0.15, 0.2) is 0 Å². The largest absolute Gasteiger partial charge is 0.384 e. The smallest absolute Gasteiger partial charge is 0.123 e. The van der Waals surface area contributed by atoms with Gasteiger partial charge in [0.05, 0.1) is 17.9 Å². The highest BCUT2D eigenvalue weighted by Gasteiger charge is 2.05. The quantitative estimate of drug-likeness (QED) is 0.834. The zero-order valence-corrected chi connectivity index (χ0v) is 9.29. The van der Waals surface area contributed by atoms with E-state index in [2.05, 4.69) is 34.7 Å². The van der Waals surface area contributed by atoms with Gasteiger partial charge in [-0.2, -0.15) is 0 Å². The van der Waals surface area contributed by atoms with Crippen LogP contribution >= 0.6 is 11.3 Å². The third-order valence-electron chi connectivity index (χ3n) is 2.14. The highest BCUT2D eigenvalue weighted by molar-refractivity contribution is 7.10. The lowest BCUT2D eigenvalue weighted by Gasteiger charge is -2.13. The van der Waals surface area contributed by atoms with Crippen molar-refractivity contribution in [1.82, 2.24) is 4.98 Å². The number of thiophene rings is 1. The molecule has 4 heteroatoms. The molecule has 2 aromatic heterocycles. The van der Waals surface area contributed by atoms with Crippen LogP contribution < -0.4 is 11.1 Å². The fourth-order valence-electron chi connectivity index (χ4n) is 1.35. The molecule has 1 atom stereocenters. The van der Waals surface area contributed by atoms with Crippen LogP contribution in [0.25, 0.3) is 0 Å². The maximum atomic E-state index is 5.52. The number of nitrogens with one attached hydrogen (secondary N) is 1. The average molecular weight is 219 g/mol. The summed E-state index contributed by atoms with van der Waals surface area (Å²) in [6.45, 7) is 2.13. The Labute approximate surface area is 93.0 Å². The molecule has 2 aromatic rings. The fourth-order valence-corrected chi connectivity index (χ4v) is 2.08. The number of nitrogen functional groups attached to an aromatic ring is 1. The molecule has 2 heterocycles. The predicted molar refractivity (Wildman–Crippen MR) is 65.0 cm³/mol. The van der Waals surface area contributed by atoms with Crippen molar-refractivity contribution in [3.8, 4) is 0 Å². The van der Waals surface area contributed by atoms with Gasteiger partial charge in [-0.05, 0) is 30.5 Å². The number of hydrogen-bond acceptors (Lipinski definition) is 4. The van der Waals surface area contributed by atoms with Crippen molar-refractivity contribution in [3.63, 3.8) is 0 Å². The summed E-state index contributed by atoms with van der Waals surface area (Å²) >= 11 is 1.75. The number of rotatable bonds is 3. The van der Waals surface area contributed by atoms with Gasteiger partial charge in [-0.15, -0.1) is 11.3 Å². The van der Waals surface area contributed by atoms with E-state index in [1.807, 2.05) is 6.07 Å². The van der Waals surface area contributed by atoms with E-state index in [0.717, 1.165) is 5.69 Å². The lowest BCUT2D eigenvalue weighted by Crippen LogP contribution is -2.05. The second kappa shape index (κ2) is 4.31. The third kappa shape index (κ3) is 2.47. The van der Waals surface area contributed by atoms with E-state index in [1.54, 1.807) is 23.6 Å². The lowest BCUT2D eigenvalue weighted by atomic mass is 10.2. The fraction of sp³-hybridized carbons (Fsp3) is 0.182. The van der Waals surface area contributed by atoms with Crippen molar-refractivity contribution in [2.75, 3.05) is 11.1 Å². The number of nitrogens with two attached hydrogens (primary N) is 1. The van der Waals surface area contributed by atoms with Crippen molar-refractivity contribution >= 4 is 22.8 Å². The molecule has 78 valence electrons. The minimum absolute atomic E-state index is 0.301. The molecule has 0 spiro atoms. The first-order chi connectivity index (χ1) is 7.25. The Morgan fingerprint density at radius 3 is 2.87 bits per heavy atom. The molecule has 0 aliphatic carbocycles. The summed E-state index contributed by atoms with van der Waals surface area (Å²) in [5, 5.41) is 5.44. The number of pyridine rings is 1. The monoisotopic (exact) mass is 219 g/mol. The van der Waals surface area contributed by atoms with Gasteiger partial charge in [0, 0.05) is 4.88 Å². The summed E-state index contributed by atoms with van der Waals surface area (Å²) in [6.07, 6.45) is 1.75. The molecule has 3 nitrogen and oxygen atoms in total. The van der Waals surface area contributed by atoms with Crippen LogP contribution in [0.4, 0.5) is 11.5 Å². The van der Waals surface area contributed by atoms with Crippen molar-refractivity contribution in [2.24, 2.45) is 0 Å². The second-order valence-electron chi connectivity index (χ2n) is 3.35. The van der Waals surface area contributed by atoms with Gasteiger partial charge in [0.1, 0.15) is 5.82 Å². The van der Waals surface area contributed by atoms with E-state index < -0.39 is 0 Å². The standard InChI is InChI=1S/C11H13N3S/c1-8(10-3-2-6-15-10)14-9-4-5-11(12)13-7-9/h2-8,14H,1H3,(H2,12,13). The van der Waals surface area contributed by atoms with E-state index in [1.165, 1.54) is 4.88 Å². The van der Waals surface area contributed by atoms with Gasteiger partial charge < -0.3 is 11.1 Å². The first-order valence-corrected chi connectivity index (χ1v) is 5.65. The lowest BCUT2D eigenvalue weighted by molar-refractivity contribution is 0.906. The molecule has 3 N–H and O–H groups in total. The molecule has 0 aromatic carbocycles. The molecule has 2 rings (SSSR count). The molecule has 0 saturated carbocycles. The van der Waals surface area contributed by atoms with Crippen molar-refractivity contribution < 1.29 is 0 Å². The Morgan fingerprint density at radius 1 is 1.40 bits per heavy atom. The SMILES string of the molecule is CC(Nc1ccc(N)nc1)c1cccs1. The predicted octanol–water partition coefficient (Wildman–Crippen LogP) is 2.90. The summed E-state index contributed by atoms with van der Waals surface area (Å²) in [5.41, 5.74) is 6.51. The molecule has 1 unspecified atom stereocenters. The first kappa shape index (κ1) is 9.98.